The van der Waals surface area contributed by atoms with Crippen LogP contribution >= 0.6 is 0 Å². The molecule has 0 amide bonds. The van der Waals surface area contributed by atoms with Gasteiger partial charge >= 0.3 is 0 Å². The third kappa shape index (κ3) is 3.09. The summed E-state index contributed by atoms with van der Waals surface area (Å²) in [6.45, 7) is 0.0765. The maximum absolute atomic E-state index is 12.0. The lowest BCUT2D eigenvalue weighted by molar-refractivity contribution is 0.409. The van der Waals surface area contributed by atoms with Gasteiger partial charge in [0.15, 0.2) is 5.03 Å². The Morgan fingerprint density at radius 1 is 1.45 bits per heavy atom. The van der Waals surface area contributed by atoms with E-state index in [-0.39, 0.29) is 11.6 Å². The maximum atomic E-state index is 12.0. The van der Waals surface area contributed by atoms with Gasteiger partial charge in [0.05, 0.1) is 13.4 Å². The van der Waals surface area contributed by atoms with Gasteiger partial charge in [-0.3, -0.25) is 0 Å². The van der Waals surface area contributed by atoms with Crippen LogP contribution in [-0.2, 0) is 23.6 Å². The van der Waals surface area contributed by atoms with Gasteiger partial charge < -0.3 is 15.0 Å². The quantitative estimate of drug-likeness (QED) is 0.782. The number of benzene rings is 1. The van der Waals surface area contributed by atoms with E-state index >= 15 is 0 Å². The van der Waals surface area contributed by atoms with Crippen molar-refractivity contribution in [1.29, 1.82) is 0 Å². The number of rotatable bonds is 5. The van der Waals surface area contributed by atoms with Crippen LogP contribution in [0.25, 0.3) is 0 Å². The number of ether oxygens (including phenoxy) is 1. The molecule has 2 rings (SSSR count). The predicted octanol–water partition coefficient (Wildman–Crippen LogP) is 0.489. The number of nitrogens with zero attached hydrogens (tertiary/aromatic N) is 2. The summed E-state index contributed by atoms with van der Waals surface area (Å²) in [6.07, 6.45) is 2.86. The van der Waals surface area contributed by atoms with Gasteiger partial charge in [-0.05, 0) is 18.2 Å². The highest BCUT2D eigenvalue weighted by atomic mass is 32.2. The molecule has 108 valence electrons. The summed E-state index contributed by atoms with van der Waals surface area (Å²) in [4.78, 5) is 3.82. The molecule has 7 nitrogen and oxygen atoms in total. The first-order chi connectivity index (χ1) is 9.42. The maximum Gasteiger partial charge on any atom is 0.259 e. The molecule has 0 aliphatic rings. The summed E-state index contributed by atoms with van der Waals surface area (Å²) >= 11 is 0. The van der Waals surface area contributed by atoms with Gasteiger partial charge in [0.2, 0.25) is 0 Å². The van der Waals surface area contributed by atoms with Crippen LogP contribution in [0, 0.1) is 0 Å². The average molecular weight is 296 g/mol. The van der Waals surface area contributed by atoms with Crippen molar-refractivity contribution in [3.63, 3.8) is 0 Å². The van der Waals surface area contributed by atoms with E-state index in [1.54, 1.807) is 29.8 Å². The van der Waals surface area contributed by atoms with Gasteiger partial charge in [0.1, 0.15) is 5.75 Å². The second kappa shape index (κ2) is 5.51. The highest BCUT2D eigenvalue weighted by Gasteiger charge is 2.17. The van der Waals surface area contributed by atoms with Crippen molar-refractivity contribution >= 4 is 15.7 Å². The fourth-order valence-electron chi connectivity index (χ4n) is 1.71. The summed E-state index contributed by atoms with van der Waals surface area (Å²) in [5, 5.41) is -0.0251. The molecule has 0 saturated heterocycles. The minimum atomic E-state index is -3.65. The Labute approximate surface area is 117 Å². The first-order valence-corrected chi connectivity index (χ1v) is 7.31. The van der Waals surface area contributed by atoms with Crippen LogP contribution in [0.4, 0.5) is 5.69 Å². The second-order valence-corrected chi connectivity index (χ2v) is 5.99. The number of aryl methyl sites for hydroxylation is 1. The van der Waals surface area contributed by atoms with Crippen molar-refractivity contribution in [2.24, 2.45) is 7.05 Å². The average Bonchev–Trinajstić information content (AvgIpc) is 2.84. The van der Waals surface area contributed by atoms with E-state index in [9.17, 15) is 8.42 Å². The minimum Gasteiger partial charge on any atom is -0.496 e. The van der Waals surface area contributed by atoms with E-state index in [1.807, 2.05) is 0 Å². The van der Waals surface area contributed by atoms with Gasteiger partial charge in [-0.2, -0.15) is 0 Å². The molecule has 3 N–H and O–H groups in total. The number of aromatic nitrogens is 2. The molecular formula is C12H16N4O3S. The van der Waals surface area contributed by atoms with Crippen molar-refractivity contribution in [2.45, 2.75) is 11.6 Å². The van der Waals surface area contributed by atoms with Crippen molar-refractivity contribution in [3.05, 3.63) is 36.3 Å². The van der Waals surface area contributed by atoms with Crippen LogP contribution in [0.1, 0.15) is 5.56 Å². The SMILES string of the molecule is COc1ccc(N)cc1CNS(=O)(=O)c1cn(C)cn1. The minimum absolute atomic E-state index is 0.0251. The summed E-state index contributed by atoms with van der Waals surface area (Å²) in [5.41, 5.74) is 6.89. The summed E-state index contributed by atoms with van der Waals surface area (Å²) in [6, 6.07) is 5.05. The second-order valence-electron chi connectivity index (χ2n) is 4.27. The molecule has 0 atom stereocenters. The molecule has 1 aromatic carbocycles. The Morgan fingerprint density at radius 2 is 2.20 bits per heavy atom. The van der Waals surface area contributed by atoms with E-state index in [0.29, 0.717) is 17.0 Å². The standard InChI is InChI=1S/C12H16N4O3S/c1-16-7-12(14-8-16)20(17,18)15-6-9-5-10(13)3-4-11(9)19-2/h3-5,7-8,15H,6,13H2,1-2H3. The molecule has 1 heterocycles. The van der Waals surface area contributed by atoms with Gasteiger partial charge in [-0.15, -0.1) is 0 Å². The molecule has 2 aromatic rings. The first-order valence-electron chi connectivity index (χ1n) is 5.82. The van der Waals surface area contributed by atoms with Gasteiger partial charge in [-0.1, -0.05) is 0 Å². The zero-order valence-corrected chi connectivity index (χ0v) is 12.0. The van der Waals surface area contributed by atoms with Gasteiger partial charge in [0, 0.05) is 31.0 Å². The number of hydrogen-bond donors (Lipinski definition) is 2. The van der Waals surface area contributed by atoms with Crippen LogP contribution in [0.15, 0.2) is 35.7 Å². The van der Waals surface area contributed by atoms with Crippen molar-refractivity contribution in [1.82, 2.24) is 14.3 Å². The molecule has 0 radical (unpaired) electrons. The largest absolute Gasteiger partial charge is 0.496 e. The van der Waals surface area contributed by atoms with Crippen molar-refractivity contribution in [3.8, 4) is 5.75 Å². The summed E-state index contributed by atoms with van der Waals surface area (Å²) < 4.78 is 33.3. The third-order valence-corrected chi connectivity index (χ3v) is 4.00. The Bertz CT molecular complexity index is 709. The normalized spacial score (nSPS) is 11.5. The zero-order valence-electron chi connectivity index (χ0n) is 11.2. The monoisotopic (exact) mass is 296 g/mol. The van der Waals surface area contributed by atoms with E-state index in [4.69, 9.17) is 10.5 Å². The van der Waals surface area contributed by atoms with Crippen LogP contribution in [-0.4, -0.2) is 25.1 Å². The fourth-order valence-corrected chi connectivity index (χ4v) is 2.70. The molecule has 8 heteroatoms. The molecule has 1 aromatic heterocycles. The lowest BCUT2D eigenvalue weighted by atomic mass is 10.2. The predicted molar refractivity (Wildman–Crippen MR) is 74.6 cm³/mol. The summed E-state index contributed by atoms with van der Waals surface area (Å²) in [7, 11) is -0.436. The molecule has 0 spiro atoms. The molecule has 0 fully saturated rings. The van der Waals surface area contributed by atoms with Crippen molar-refractivity contribution in [2.75, 3.05) is 12.8 Å². The van der Waals surface area contributed by atoms with E-state index < -0.39 is 10.0 Å². The molecule has 0 aliphatic heterocycles. The number of imidazole rings is 1. The van der Waals surface area contributed by atoms with Crippen molar-refractivity contribution < 1.29 is 13.2 Å². The van der Waals surface area contributed by atoms with E-state index in [2.05, 4.69) is 9.71 Å². The summed E-state index contributed by atoms with van der Waals surface area (Å²) in [5.74, 6) is 0.572. The Kier molecular flexibility index (Phi) is 3.96. The number of sulfonamides is 1. The van der Waals surface area contributed by atoms with Gasteiger partial charge in [0.25, 0.3) is 10.0 Å². The number of nitrogen functional groups attached to an aromatic ring is 1. The molecule has 0 bridgehead atoms. The van der Waals surface area contributed by atoms with E-state index in [0.717, 1.165) is 0 Å². The first kappa shape index (κ1) is 14.4. The van der Waals surface area contributed by atoms with Crippen LogP contribution in [0.3, 0.4) is 0 Å². The number of anilines is 1. The highest BCUT2D eigenvalue weighted by molar-refractivity contribution is 7.89. The Hall–Kier alpha value is -2.06. The Morgan fingerprint density at radius 3 is 2.80 bits per heavy atom. The number of nitrogens with one attached hydrogen (secondary N) is 1. The molecule has 0 saturated carbocycles. The zero-order chi connectivity index (χ0) is 14.8. The van der Waals surface area contributed by atoms with Gasteiger partial charge in [-0.25, -0.2) is 18.1 Å². The van der Waals surface area contributed by atoms with Crippen LogP contribution in [0.2, 0.25) is 0 Å². The smallest absolute Gasteiger partial charge is 0.259 e. The number of methoxy groups -OCH3 is 1. The molecular weight excluding hydrogens is 280 g/mol. The van der Waals surface area contributed by atoms with E-state index in [1.165, 1.54) is 19.6 Å². The number of hydrogen-bond acceptors (Lipinski definition) is 5. The number of nitrogens with two attached hydrogens (primary N) is 1. The lowest BCUT2D eigenvalue weighted by Gasteiger charge is -2.10. The third-order valence-electron chi connectivity index (χ3n) is 2.71. The lowest BCUT2D eigenvalue weighted by Crippen LogP contribution is -2.24. The topological polar surface area (TPSA) is 99.2 Å². The van der Waals surface area contributed by atoms with Crippen LogP contribution < -0.4 is 15.2 Å². The highest BCUT2D eigenvalue weighted by Crippen LogP contribution is 2.21. The molecule has 0 unspecified atom stereocenters. The molecule has 20 heavy (non-hydrogen) atoms. The fraction of sp³-hybridized carbons (Fsp3) is 0.250. The van der Waals surface area contributed by atoms with Crippen LogP contribution in [0.5, 0.6) is 5.75 Å². The Balaban J connectivity index is 2.18. The molecule has 0 aliphatic carbocycles.